The zero-order valence-corrected chi connectivity index (χ0v) is 16.9. The van der Waals surface area contributed by atoms with E-state index < -0.39 is 0 Å². The van der Waals surface area contributed by atoms with Crippen molar-refractivity contribution < 1.29 is 9.53 Å². The number of ether oxygens (including phenoxy) is 1. The lowest BCUT2D eigenvalue weighted by molar-refractivity contribution is 0.0951. The van der Waals surface area contributed by atoms with E-state index in [0.29, 0.717) is 22.9 Å². The van der Waals surface area contributed by atoms with Crippen molar-refractivity contribution in [1.82, 2.24) is 5.32 Å². The van der Waals surface area contributed by atoms with Crippen molar-refractivity contribution >= 4 is 17.5 Å². The fourth-order valence-corrected chi connectivity index (χ4v) is 2.20. The third-order valence-corrected chi connectivity index (χ3v) is 3.46. The first-order valence-corrected chi connectivity index (χ1v) is 9.15. The van der Waals surface area contributed by atoms with Crippen LogP contribution in [0.25, 0.3) is 0 Å². The van der Waals surface area contributed by atoms with Gasteiger partial charge in [0.15, 0.2) is 0 Å². The van der Waals surface area contributed by atoms with Gasteiger partial charge in [0.2, 0.25) is 0 Å². The van der Waals surface area contributed by atoms with Crippen LogP contribution in [0.3, 0.4) is 0 Å². The van der Waals surface area contributed by atoms with E-state index in [0.717, 1.165) is 6.42 Å². The zero-order chi connectivity index (χ0) is 19.2. The molecule has 1 amide bonds. The van der Waals surface area contributed by atoms with Gasteiger partial charge in [-0.2, -0.15) is 0 Å². The van der Waals surface area contributed by atoms with E-state index >= 15 is 0 Å². The van der Waals surface area contributed by atoms with Crippen molar-refractivity contribution in [3.8, 4) is 5.75 Å². The molecule has 138 valence electrons. The highest BCUT2D eigenvalue weighted by Crippen LogP contribution is 2.22. The van der Waals surface area contributed by atoms with Crippen LogP contribution in [0.5, 0.6) is 5.75 Å². The zero-order valence-electron chi connectivity index (χ0n) is 16.2. The standard InChI is InChI=1S/C17H18ClNO2.2C2H6/c1-12-3-5-13(6-4-12)9-10-19-17(20)15-11-14(18)7-8-16(15)21-2;2*1-2/h3-8,11H,9-10H2,1-2H3,(H,19,20);2*1-2H3. The molecule has 0 aliphatic rings. The Kier molecular flexibility index (Phi) is 12.2. The maximum Gasteiger partial charge on any atom is 0.255 e. The molecule has 3 nitrogen and oxygen atoms in total. The third kappa shape index (κ3) is 8.08. The first kappa shape index (κ1) is 23.0. The van der Waals surface area contributed by atoms with Crippen LogP contribution in [0.1, 0.15) is 49.2 Å². The molecule has 0 unspecified atom stereocenters. The van der Waals surface area contributed by atoms with Crippen LogP contribution >= 0.6 is 11.6 Å². The highest BCUT2D eigenvalue weighted by atomic mass is 35.5. The van der Waals surface area contributed by atoms with E-state index in [1.54, 1.807) is 18.2 Å². The lowest BCUT2D eigenvalue weighted by Crippen LogP contribution is -2.26. The van der Waals surface area contributed by atoms with E-state index in [4.69, 9.17) is 16.3 Å². The maximum atomic E-state index is 12.2. The normalized spacial score (nSPS) is 9.08. The molecule has 2 aromatic rings. The monoisotopic (exact) mass is 363 g/mol. The van der Waals surface area contributed by atoms with Gasteiger partial charge in [-0.15, -0.1) is 0 Å². The largest absolute Gasteiger partial charge is 0.496 e. The van der Waals surface area contributed by atoms with Gasteiger partial charge in [-0.3, -0.25) is 4.79 Å². The number of methoxy groups -OCH3 is 1. The Morgan fingerprint density at radius 3 is 2.20 bits per heavy atom. The minimum Gasteiger partial charge on any atom is -0.496 e. The smallest absolute Gasteiger partial charge is 0.255 e. The summed E-state index contributed by atoms with van der Waals surface area (Å²) in [6.07, 6.45) is 0.787. The molecule has 2 rings (SSSR count). The summed E-state index contributed by atoms with van der Waals surface area (Å²) in [4.78, 5) is 12.2. The van der Waals surface area contributed by atoms with Crippen molar-refractivity contribution in [3.05, 3.63) is 64.2 Å². The third-order valence-electron chi connectivity index (χ3n) is 3.23. The van der Waals surface area contributed by atoms with Crippen LogP contribution in [-0.2, 0) is 6.42 Å². The number of rotatable bonds is 5. The van der Waals surface area contributed by atoms with Gasteiger partial charge < -0.3 is 10.1 Å². The van der Waals surface area contributed by atoms with Crippen LogP contribution in [0.4, 0.5) is 0 Å². The predicted octanol–water partition coefficient (Wildman–Crippen LogP) is 5.68. The predicted molar refractivity (Wildman–Crippen MR) is 108 cm³/mol. The molecule has 2 aromatic carbocycles. The first-order chi connectivity index (χ1) is 12.1. The summed E-state index contributed by atoms with van der Waals surface area (Å²) in [5.74, 6) is 0.341. The second-order valence-corrected chi connectivity index (χ2v) is 5.27. The molecule has 0 saturated carbocycles. The van der Waals surface area contributed by atoms with Crippen molar-refractivity contribution in [1.29, 1.82) is 0 Å². The molecule has 1 N–H and O–H groups in total. The molecule has 0 saturated heterocycles. The fraction of sp³-hybridized carbons (Fsp3) is 0.381. The number of carbonyl (C=O) groups is 1. The summed E-state index contributed by atoms with van der Waals surface area (Å²) in [7, 11) is 1.53. The highest BCUT2D eigenvalue weighted by Gasteiger charge is 2.12. The van der Waals surface area contributed by atoms with Gasteiger partial charge in [-0.25, -0.2) is 0 Å². The molecular weight excluding hydrogens is 334 g/mol. The Hall–Kier alpha value is -2.00. The van der Waals surface area contributed by atoms with Crippen LogP contribution < -0.4 is 10.1 Å². The van der Waals surface area contributed by atoms with Crippen LogP contribution in [0.15, 0.2) is 42.5 Å². The molecule has 0 aliphatic heterocycles. The number of halogens is 1. The summed E-state index contributed by atoms with van der Waals surface area (Å²) in [5, 5.41) is 3.40. The van der Waals surface area contributed by atoms with Crippen molar-refractivity contribution in [2.24, 2.45) is 0 Å². The molecule has 0 aliphatic carbocycles. The Bertz CT molecular complexity index is 624. The minimum absolute atomic E-state index is 0.179. The number of hydrogen-bond acceptors (Lipinski definition) is 2. The SMILES string of the molecule is CC.CC.COc1ccc(Cl)cc1C(=O)NCCc1ccc(C)cc1. The van der Waals surface area contributed by atoms with E-state index in [-0.39, 0.29) is 5.91 Å². The Balaban J connectivity index is 0.00000134. The molecule has 0 aromatic heterocycles. The Morgan fingerprint density at radius 1 is 1.04 bits per heavy atom. The van der Waals surface area contributed by atoms with Gasteiger partial charge >= 0.3 is 0 Å². The number of aryl methyl sites for hydroxylation is 1. The molecule has 0 heterocycles. The topological polar surface area (TPSA) is 38.3 Å². The average molecular weight is 364 g/mol. The van der Waals surface area contributed by atoms with Crippen molar-refractivity contribution in [2.45, 2.75) is 41.0 Å². The number of hydrogen-bond donors (Lipinski definition) is 1. The molecule has 0 fully saturated rings. The number of benzene rings is 2. The average Bonchev–Trinajstić information content (AvgIpc) is 2.66. The van der Waals surface area contributed by atoms with E-state index in [1.807, 2.05) is 27.7 Å². The van der Waals surface area contributed by atoms with Crippen molar-refractivity contribution in [2.75, 3.05) is 13.7 Å². The Labute approximate surface area is 157 Å². The number of nitrogens with one attached hydrogen (secondary N) is 1. The van der Waals surface area contributed by atoms with Gasteiger partial charge in [-0.05, 0) is 37.1 Å². The number of carbonyl (C=O) groups excluding carboxylic acids is 1. The second-order valence-electron chi connectivity index (χ2n) is 4.84. The fourth-order valence-electron chi connectivity index (χ4n) is 2.03. The molecule has 0 spiro atoms. The van der Waals surface area contributed by atoms with Crippen LogP contribution in [0.2, 0.25) is 5.02 Å². The first-order valence-electron chi connectivity index (χ1n) is 8.77. The lowest BCUT2D eigenvalue weighted by Gasteiger charge is -2.10. The molecule has 0 radical (unpaired) electrons. The molecule has 0 bridgehead atoms. The molecule has 25 heavy (non-hydrogen) atoms. The van der Waals surface area contributed by atoms with Crippen LogP contribution in [-0.4, -0.2) is 19.6 Å². The van der Waals surface area contributed by atoms with Gasteiger partial charge in [0.05, 0.1) is 12.7 Å². The molecular formula is C21H30ClNO2. The van der Waals surface area contributed by atoms with Gasteiger partial charge in [0.25, 0.3) is 5.91 Å². The minimum atomic E-state index is -0.179. The summed E-state index contributed by atoms with van der Waals surface area (Å²) >= 11 is 5.93. The van der Waals surface area contributed by atoms with Gasteiger partial charge in [0, 0.05) is 11.6 Å². The Morgan fingerprint density at radius 2 is 1.64 bits per heavy atom. The number of amides is 1. The quantitative estimate of drug-likeness (QED) is 0.741. The van der Waals surface area contributed by atoms with E-state index in [1.165, 1.54) is 18.2 Å². The van der Waals surface area contributed by atoms with Gasteiger partial charge in [0.1, 0.15) is 5.75 Å². The van der Waals surface area contributed by atoms with Crippen LogP contribution in [0, 0.1) is 6.92 Å². The summed E-state index contributed by atoms with van der Waals surface area (Å²) in [5.41, 5.74) is 2.87. The lowest BCUT2D eigenvalue weighted by atomic mass is 10.1. The molecule has 0 atom stereocenters. The highest BCUT2D eigenvalue weighted by molar-refractivity contribution is 6.31. The van der Waals surface area contributed by atoms with Crippen molar-refractivity contribution in [3.63, 3.8) is 0 Å². The van der Waals surface area contributed by atoms with Gasteiger partial charge in [-0.1, -0.05) is 69.1 Å². The summed E-state index contributed by atoms with van der Waals surface area (Å²) < 4.78 is 5.18. The maximum absolute atomic E-state index is 12.2. The molecule has 4 heteroatoms. The summed E-state index contributed by atoms with van der Waals surface area (Å²) in [6.45, 7) is 10.6. The summed E-state index contributed by atoms with van der Waals surface area (Å²) in [6, 6.07) is 13.3. The van der Waals surface area contributed by atoms with E-state index in [9.17, 15) is 4.79 Å². The second kappa shape index (κ2) is 13.3. The van der Waals surface area contributed by atoms with E-state index in [2.05, 4.69) is 36.5 Å².